The first-order chi connectivity index (χ1) is 6.66. The van der Waals surface area contributed by atoms with Crippen LogP contribution in [-0.4, -0.2) is 0 Å². The molecule has 0 aromatic carbocycles. The van der Waals surface area contributed by atoms with Crippen LogP contribution < -0.4 is 0 Å². The van der Waals surface area contributed by atoms with Gasteiger partial charge in [-0.2, -0.15) is 0 Å². The molecule has 0 aromatic heterocycles. The quantitative estimate of drug-likeness (QED) is 0.397. The second-order valence-electron chi connectivity index (χ2n) is 4.15. The molecule has 0 amide bonds. The van der Waals surface area contributed by atoms with Crippen molar-refractivity contribution in [2.75, 3.05) is 0 Å². The molecule has 0 rings (SSSR count). The van der Waals surface area contributed by atoms with E-state index in [4.69, 9.17) is 0 Å². The summed E-state index contributed by atoms with van der Waals surface area (Å²) < 4.78 is 0. The van der Waals surface area contributed by atoms with Crippen molar-refractivity contribution in [2.24, 2.45) is 5.92 Å². The zero-order valence-electron chi connectivity index (χ0n) is 10.1. The zero-order valence-corrected chi connectivity index (χ0v) is 10.1. The van der Waals surface area contributed by atoms with Gasteiger partial charge in [0.25, 0.3) is 0 Å². The van der Waals surface area contributed by atoms with Gasteiger partial charge in [-0.3, -0.25) is 0 Å². The van der Waals surface area contributed by atoms with E-state index >= 15 is 0 Å². The summed E-state index contributed by atoms with van der Waals surface area (Å²) >= 11 is 0. The first-order valence-corrected chi connectivity index (χ1v) is 5.82. The minimum atomic E-state index is 0.747. The second kappa shape index (κ2) is 9.05. The number of allylic oxidation sites excluding steroid dienone is 4. The Balaban J connectivity index is 3.29. The lowest BCUT2D eigenvalue weighted by Gasteiger charge is -1.99. The van der Waals surface area contributed by atoms with E-state index in [1.807, 2.05) is 0 Å². The predicted molar refractivity (Wildman–Crippen MR) is 66.2 cm³/mol. The third-order valence-electron chi connectivity index (χ3n) is 2.43. The predicted octanol–water partition coefficient (Wildman–Crippen LogP) is 4.93. The van der Waals surface area contributed by atoms with Gasteiger partial charge < -0.3 is 0 Å². The Morgan fingerprint density at radius 3 is 2.50 bits per heavy atom. The highest BCUT2D eigenvalue weighted by Crippen LogP contribution is 2.06. The van der Waals surface area contributed by atoms with Crippen molar-refractivity contribution >= 4 is 0 Å². The monoisotopic (exact) mass is 193 g/mol. The maximum absolute atomic E-state index is 3.85. The van der Waals surface area contributed by atoms with E-state index in [0.717, 1.165) is 5.92 Å². The summed E-state index contributed by atoms with van der Waals surface area (Å²) in [5, 5.41) is 0. The molecule has 1 radical (unpaired) electrons. The molecule has 0 N–H and O–H groups in total. The summed E-state index contributed by atoms with van der Waals surface area (Å²) in [5.74, 6) is 0.747. The highest BCUT2D eigenvalue weighted by Gasteiger charge is 1.89. The molecule has 0 fully saturated rings. The smallest absolute Gasteiger partial charge is 0.0265 e. The molecule has 0 saturated carbocycles. The first kappa shape index (κ1) is 13.5. The summed E-state index contributed by atoms with van der Waals surface area (Å²) in [4.78, 5) is 0. The van der Waals surface area contributed by atoms with Crippen molar-refractivity contribution in [3.63, 3.8) is 0 Å². The molecular formula is C14H25. The molecule has 0 aliphatic rings. The van der Waals surface area contributed by atoms with E-state index < -0.39 is 0 Å². The summed E-state index contributed by atoms with van der Waals surface area (Å²) in [6.45, 7) is 10.4. The summed E-state index contributed by atoms with van der Waals surface area (Å²) in [6.07, 6.45) is 13.1. The van der Waals surface area contributed by atoms with Crippen LogP contribution in [0.5, 0.6) is 0 Å². The van der Waals surface area contributed by atoms with Gasteiger partial charge in [0, 0.05) is 0 Å². The SMILES string of the molecule is [CH2]/C(C)=C/CCCC/C=C/C(C)CC. The van der Waals surface area contributed by atoms with Gasteiger partial charge in [-0.25, -0.2) is 0 Å². The van der Waals surface area contributed by atoms with E-state index in [-0.39, 0.29) is 0 Å². The van der Waals surface area contributed by atoms with Crippen LogP contribution in [0, 0.1) is 12.8 Å². The standard InChI is InChI=1S/C14H25/c1-5-14(4)12-10-8-6-7-9-11-13(2)3/h10-12,14H,2,5-9H2,1,3-4H3/b12-10+,13-11-. The van der Waals surface area contributed by atoms with Crippen LogP contribution in [0.3, 0.4) is 0 Å². The van der Waals surface area contributed by atoms with Crippen LogP contribution in [0.25, 0.3) is 0 Å². The number of unbranched alkanes of at least 4 members (excludes halogenated alkanes) is 3. The molecule has 0 heteroatoms. The van der Waals surface area contributed by atoms with Crippen LogP contribution in [0.1, 0.15) is 52.9 Å². The van der Waals surface area contributed by atoms with Crippen molar-refractivity contribution in [1.82, 2.24) is 0 Å². The Kier molecular flexibility index (Phi) is 8.72. The highest BCUT2D eigenvalue weighted by atomic mass is 14.0. The molecule has 0 bridgehead atoms. The number of hydrogen-bond donors (Lipinski definition) is 0. The molecule has 0 saturated heterocycles. The van der Waals surface area contributed by atoms with Gasteiger partial charge in [-0.1, -0.05) is 44.1 Å². The third kappa shape index (κ3) is 9.57. The average molecular weight is 193 g/mol. The summed E-state index contributed by atoms with van der Waals surface area (Å²) in [6, 6.07) is 0. The number of rotatable bonds is 7. The number of hydrogen-bond acceptors (Lipinski definition) is 0. The van der Waals surface area contributed by atoms with E-state index in [9.17, 15) is 0 Å². The van der Waals surface area contributed by atoms with E-state index in [1.54, 1.807) is 0 Å². The molecule has 81 valence electrons. The van der Waals surface area contributed by atoms with Crippen LogP contribution >= 0.6 is 0 Å². The van der Waals surface area contributed by atoms with Crippen molar-refractivity contribution in [1.29, 1.82) is 0 Å². The minimum absolute atomic E-state index is 0.747. The Morgan fingerprint density at radius 2 is 1.93 bits per heavy atom. The van der Waals surface area contributed by atoms with Gasteiger partial charge in [0.2, 0.25) is 0 Å². The normalized spacial score (nSPS) is 15.0. The molecule has 1 unspecified atom stereocenters. The van der Waals surface area contributed by atoms with Gasteiger partial charge in [-0.05, 0) is 45.4 Å². The zero-order chi connectivity index (χ0) is 10.8. The molecule has 1 atom stereocenters. The fourth-order valence-corrected chi connectivity index (χ4v) is 1.22. The molecule has 0 aliphatic heterocycles. The Hall–Kier alpha value is -0.520. The van der Waals surface area contributed by atoms with Crippen molar-refractivity contribution in [3.05, 3.63) is 30.7 Å². The van der Waals surface area contributed by atoms with Gasteiger partial charge in [-0.15, -0.1) is 0 Å². The molecule has 0 spiro atoms. The fraction of sp³-hybridized carbons (Fsp3) is 0.643. The topological polar surface area (TPSA) is 0 Å². The molecule has 0 heterocycles. The maximum atomic E-state index is 3.85. The lowest BCUT2D eigenvalue weighted by atomic mass is 10.1. The van der Waals surface area contributed by atoms with Gasteiger partial charge in [0.05, 0.1) is 0 Å². The largest absolute Gasteiger partial charge is 0.0883 e. The molecule has 0 aromatic rings. The Bertz CT molecular complexity index is 170. The van der Waals surface area contributed by atoms with Crippen molar-refractivity contribution in [3.8, 4) is 0 Å². The average Bonchev–Trinajstić information content (AvgIpc) is 2.15. The second-order valence-corrected chi connectivity index (χ2v) is 4.15. The molecular weight excluding hydrogens is 168 g/mol. The Labute approximate surface area is 90.1 Å². The van der Waals surface area contributed by atoms with E-state index in [1.165, 1.54) is 37.7 Å². The minimum Gasteiger partial charge on any atom is -0.0883 e. The van der Waals surface area contributed by atoms with Crippen molar-refractivity contribution in [2.45, 2.75) is 52.9 Å². The van der Waals surface area contributed by atoms with Gasteiger partial charge in [0.1, 0.15) is 0 Å². The fourth-order valence-electron chi connectivity index (χ4n) is 1.22. The molecule has 14 heavy (non-hydrogen) atoms. The van der Waals surface area contributed by atoms with Gasteiger partial charge >= 0.3 is 0 Å². The molecule has 0 aliphatic carbocycles. The summed E-state index contributed by atoms with van der Waals surface area (Å²) in [5.41, 5.74) is 1.19. The van der Waals surface area contributed by atoms with Crippen LogP contribution in [0.15, 0.2) is 23.8 Å². The third-order valence-corrected chi connectivity index (χ3v) is 2.43. The molecule has 0 nitrogen and oxygen atoms in total. The van der Waals surface area contributed by atoms with Crippen LogP contribution in [-0.2, 0) is 0 Å². The van der Waals surface area contributed by atoms with Crippen LogP contribution in [0.4, 0.5) is 0 Å². The maximum Gasteiger partial charge on any atom is -0.0265 e. The lowest BCUT2D eigenvalue weighted by molar-refractivity contribution is 0.689. The lowest BCUT2D eigenvalue weighted by Crippen LogP contribution is -1.83. The Morgan fingerprint density at radius 1 is 1.29 bits per heavy atom. The summed E-state index contributed by atoms with van der Waals surface area (Å²) in [7, 11) is 0. The first-order valence-electron chi connectivity index (χ1n) is 5.82. The highest BCUT2D eigenvalue weighted by molar-refractivity contribution is 5.00. The van der Waals surface area contributed by atoms with Gasteiger partial charge in [0.15, 0.2) is 0 Å². The van der Waals surface area contributed by atoms with E-state index in [2.05, 4.69) is 45.9 Å². The van der Waals surface area contributed by atoms with Crippen molar-refractivity contribution < 1.29 is 0 Å². The van der Waals surface area contributed by atoms with E-state index in [0.29, 0.717) is 0 Å². The van der Waals surface area contributed by atoms with Crippen LogP contribution in [0.2, 0.25) is 0 Å².